The lowest BCUT2D eigenvalue weighted by Gasteiger charge is -2.39. The molecule has 24 heavy (non-hydrogen) atoms. The summed E-state index contributed by atoms with van der Waals surface area (Å²) in [7, 11) is 0. The highest BCUT2D eigenvalue weighted by molar-refractivity contribution is 7.99. The van der Waals surface area contributed by atoms with Crippen molar-refractivity contribution >= 4 is 23.5 Å². The fourth-order valence-corrected chi connectivity index (χ4v) is 3.19. The molecule has 0 unspecified atom stereocenters. The second-order valence-corrected chi connectivity index (χ2v) is 6.94. The Hall–Kier alpha value is -1.41. The van der Waals surface area contributed by atoms with Gasteiger partial charge in [-0.2, -0.15) is 0 Å². The molecule has 1 aliphatic heterocycles. The van der Waals surface area contributed by atoms with Gasteiger partial charge in [0.2, 0.25) is 0 Å². The van der Waals surface area contributed by atoms with E-state index < -0.39 is 18.1 Å². The van der Waals surface area contributed by atoms with E-state index in [0.717, 1.165) is 18.0 Å². The molecule has 0 radical (unpaired) electrons. The molecule has 1 fully saturated rings. The Labute approximate surface area is 146 Å². The normalized spacial score (nSPS) is 16.0. The van der Waals surface area contributed by atoms with Crippen LogP contribution in [-0.2, 0) is 14.3 Å². The zero-order valence-electron chi connectivity index (χ0n) is 14.0. The number of aliphatic hydroxyl groups is 1. The number of carbonyl (C=O) groups is 2. The van der Waals surface area contributed by atoms with Crippen molar-refractivity contribution in [3.63, 3.8) is 0 Å². The smallest absolute Gasteiger partial charge is 0.332 e. The Bertz CT molecular complexity index is 567. The van der Waals surface area contributed by atoms with Crippen LogP contribution in [0.4, 0.5) is 0 Å². The molecule has 0 atom stereocenters. The van der Waals surface area contributed by atoms with Gasteiger partial charge in [-0.25, -0.2) is 4.79 Å². The van der Waals surface area contributed by atoms with Crippen LogP contribution in [0, 0.1) is 0 Å². The maximum absolute atomic E-state index is 12.8. The van der Waals surface area contributed by atoms with Gasteiger partial charge in [-0.3, -0.25) is 9.69 Å². The molecule has 1 aliphatic rings. The van der Waals surface area contributed by atoms with Crippen molar-refractivity contribution in [1.29, 1.82) is 0 Å². The molecule has 0 aromatic heterocycles. The van der Waals surface area contributed by atoms with Gasteiger partial charge in [0.25, 0.3) is 0 Å². The van der Waals surface area contributed by atoms with E-state index in [1.807, 2.05) is 26.0 Å². The van der Waals surface area contributed by atoms with Crippen LogP contribution in [0.25, 0.3) is 0 Å². The topological polar surface area (TPSA) is 76.1 Å². The first-order valence-electron chi connectivity index (χ1n) is 7.82. The number of benzene rings is 1. The predicted molar refractivity (Wildman–Crippen MR) is 91.1 cm³/mol. The molecule has 0 aliphatic carbocycles. The Morgan fingerprint density at radius 2 is 1.88 bits per heavy atom. The van der Waals surface area contributed by atoms with Crippen LogP contribution in [0.15, 0.2) is 29.2 Å². The molecule has 0 saturated carbocycles. The maximum Gasteiger partial charge on any atom is 0.332 e. The summed E-state index contributed by atoms with van der Waals surface area (Å²) in [6, 6.07) is 7.25. The number of thioether (sulfide) groups is 1. The largest absolute Gasteiger partial charge is 0.453 e. The number of ether oxygens (including phenoxy) is 2. The van der Waals surface area contributed by atoms with Crippen molar-refractivity contribution in [2.24, 2.45) is 0 Å². The predicted octanol–water partition coefficient (Wildman–Crippen LogP) is 1.57. The van der Waals surface area contributed by atoms with E-state index in [1.54, 1.807) is 12.1 Å². The lowest BCUT2D eigenvalue weighted by Crippen LogP contribution is -2.54. The van der Waals surface area contributed by atoms with Crippen LogP contribution in [-0.4, -0.2) is 66.1 Å². The van der Waals surface area contributed by atoms with Crippen molar-refractivity contribution in [2.45, 2.75) is 24.3 Å². The minimum Gasteiger partial charge on any atom is -0.453 e. The van der Waals surface area contributed by atoms with Crippen LogP contribution in [0.3, 0.4) is 0 Å². The van der Waals surface area contributed by atoms with Crippen molar-refractivity contribution < 1.29 is 24.2 Å². The molecule has 1 saturated heterocycles. The third-order valence-corrected chi connectivity index (χ3v) is 4.89. The number of aliphatic hydroxyl groups excluding tert-OH is 1. The summed E-state index contributed by atoms with van der Waals surface area (Å²) in [6.07, 6.45) is 0. The first kappa shape index (κ1) is 18.9. The molecule has 1 aromatic carbocycles. The first-order valence-corrected chi connectivity index (χ1v) is 8.80. The Morgan fingerprint density at radius 1 is 1.25 bits per heavy atom. The minimum atomic E-state index is -0.651. The van der Waals surface area contributed by atoms with E-state index in [1.165, 1.54) is 11.8 Å². The van der Waals surface area contributed by atoms with E-state index in [9.17, 15) is 9.59 Å². The quantitative estimate of drug-likeness (QED) is 0.345. The van der Waals surface area contributed by atoms with E-state index in [-0.39, 0.29) is 11.7 Å². The standard InChI is InChI=1S/C17H23NO5S/c1-17(2,18-7-9-22-10-8-18)16(21)13-3-5-14(6-4-13)24-12-23-15(20)11-19/h3-6,19H,7-12H2,1-2H3. The highest BCUT2D eigenvalue weighted by Crippen LogP contribution is 2.24. The summed E-state index contributed by atoms with van der Waals surface area (Å²) in [5.74, 6) is -0.444. The van der Waals surface area contributed by atoms with Crippen LogP contribution < -0.4 is 0 Å². The maximum atomic E-state index is 12.8. The summed E-state index contributed by atoms with van der Waals surface area (Å²) in [4.78, 5) is 26.7. The fraction of sp³-hybridized carbons (Fsp3) is 0.529. The van der Waals surface area contributed by atoms with E-state index in [4.69, 9.17) is 14.6 Å². The Balaban J connectivity index is 1.96. The zero-order chi connectivity index (χ0) is 17.6. The molecule has 1 aromatic rings. The van der Waals surface area contributed by atoms with Crippen molar-refractivity contribution in [3.05, 3.63) is 29.8 Å². The molecule has 0 amide bonds. The Kier molecular flexibility index (Phi) is 6.79. The number of morpholine rings is 1. The van der Waals surface area contributed by atoms with Crippen molar-refractivity contribution in [3.8, 4) is 0 Å². The number of esters is 1. The SMILES string of the molecule is CC(C)(C(=O)c1ccc(SCOC(=O)CO)cc1)N1CCOCC1. The van der Waals surface area contributed by atoms with Crippen molar-refractivity contribution in [1.82, 2.24) is 4.90 Å². The zero-order valence-corrected chi connectivity index (χ0v) is 14.8. The molecule has 1 heterocycles. The van der Waals surface area contributed by atoms with Gasteiger partial charge in [-0.1, -0.05) is 23.9 Å². The summed E-state index contributed by atoms with van der Waals surface area (Å²) in [6.45, 7) is 6.07. The molecular formula is C17H23NO5S. The molecule has 1 N–H and O–H groups in total. The lowest BCUT2D eigenvalue weighted by atomic mass is 9.91. The van der Waals surface area contributed by atoms with Gasteiger partial charge in [0.15, 0.2) is 5.78 Å². The number of carbonyl (C=O) groups excluding carboxylic acids is 2. The summed E-state index contributed by atoms with van der Waals surface area (Å²) in [5, 5.41) is 8.58. The summed E-state index contributed by atoms with van der Waals surface area (Å²) in [5.41, 5.74) is 0.0814. The highest BCUT2D eigenvalue weighted by Gasteiger charge is 2.35. The van der Waals surface area contributed by atoms with Crippen LogP contribution >= 0.6 is 11.8 Å². The number of ketones is 1. The highest BCUT2D eigenvalue weighted by atomic mass is 32.2. The third kappa shape index (κ3) is 4.80. The first-order chi connectivity index (χ1) is 11.4. The van der Waals surface area contributed by atoms with E-state index in [2.05, 4.69) is 4.90 Å². The number of nitrogens with zero attached hydrogens (tertiary/aromatic N) is 1. The average Bonchev–Trinajstić information content (AvgIpc) is 2.62. The van der Waals surface area contributed by atoms with Crippen LogP contribution in [0.2, 0.25) is 0 Å². The van der Waals surface area contributed by atoms with Gasteiger partial charge in [-0.15, -0.1) is 0 Å². The number of hydrogen-bond donors (Lipinski definition) is 1. The second-order valence-electron chi connectivity index (χ2n) is 5.95. The second kappa shape index (κ2) is 8.62. The van der Waals surface area contributed by atoms with Gasteiger partial charge >= 0.3 is 5.97 Å². The molecule has 2 rings (SSSR count). The molecule has 7 heteroatoms. The third-order valence-electron chi connectivity index (χ3n) is 4.05. The molecule has 6 nitrogen and oxygen atoms in total. The van der Waals surface area contributed by atoms with Gasteiger partial charge in [-0.05, 0) is 26.0 Å². The van der Waals surface area contributed by atoms with Gasteiger partial charge < -0.3 is 14.6 Å². The minimum absolute atomic E-state index is 0.0765. The number of rotatable bonds is 7. The van der Waals surface area contributed by atoms with Gasteiger partial charge in [0.1, 0.15) is 12.5 Å². The molecule has 0 bridgehead atoms. The number of hydrogen-bond acceptors (Lipinski definition) is 7. The molecule has 0 spiro atoms. The van der Waals surface area contributed by atoms with Crippen LogP contribution in [0.5, 0.6) is 0 Å². The van der Waals surface area contributed by atoms with E-state index >= 15 is 0 Å². The van der Waals surface area contributed by atoms with Crippen LogP contribution in [0.1, 0.15) is 24.2 Å². The average molecular weight is 353 g/mol. The fourth-order valence-electron chi connectivity index (χ4n) is 2.53. The number of Topliss-reactive ketones (excluding diaryl/α,β-unsaturated/α-hetero) is 1. The van der Waals surface area contributed by atoms with Gasteiger partial charge in [0, 0.05) is 23.5 Å². The van der Waals surface area contributed by atoms with E-state index in [0.29, 0.717) is 18.8 Å². The lowest BCUT2D eigenvalue weighted by molar-refractivity contribution is -0.144. The monoisotopic (exact) mass is 353 g/mol. The van der Waals surface area contributed by atoms with Gasteiger partial charge in [0.05, 0.1) is 18.8 Å². The summed E-state index contributed by atoms with van der Waals surface area (Å²) < 4.78 is 10.1. The summed E-state index contributed by atoms with van der Waals surface area (Å²) >= 11 is 1.33. The van der Waals surface area contributed by atoms with Crippen molar-refractivity contribution in [2.75, 3.05) is 38.8 Å². The molecule has 132 valence electrons. The molecular weight excluding hydrogens is 330 g/mol. The Morgan fingerprint density at radius 3 is 2.46 bits per heavy atom.